The molecule has 0 spiro atoms. The Morgan fingerprint density at radius 2 is 1.90 bits per heavy atom. The summed E-state index contributed by atoms with van der Waals surface area (Å²) in [7, 11) is 0. The predicted octanol–water partition coefficient (Wildman–Crippen LogP) is 3.37. The molecule has 0 saturated carbocycles. The van der Waals surface area contributed by atoms with Crippen LogP contribution in [-0.4, -0.2) is 27.0 Å². The molecule has 2 amide bonds. The van der Waals surface area contributed by atoms with Crippen LogP contribution in [0.5, 0.6) is 0 Å². The Kier molecular flexibility index (Phi) is 6.20. The first kappa shape index (κ1) is 21.1. The number of nitrogens with one attached hydrogen (secondary N) is 3. The fraction of sp³-hybridized carbons (Fsp3) is 0.238. The molecule has 2 aromatic carbocycles. The molecule has 1 atom stereocenters. The first-order valence-corrected chi connectivity index (χ1v) is 9.27. The molecule has 0 fully saturated rings. The SMILES string of the molecule is Cc1nc(C(C)NC(=O)c2ccc(C)c(NC(=O)Cc3ccc(F)cc3F)c2)n[nH]1. The summed E-state index contributed by atoms with van der Waals surface area (Å²) in [6.45, 7) is 5.29. The van der Waals surface area contributed by atoms with Crippen LogP contribution < -0.4 is 10.6 Å². The van der Waals surface area contributed by atoms with E-state index in [2.05, 4.69) is 25.8 Å². The zero-order valence-corrected chi connectivity index (χ0v) is 16.7. The highest BCUT2D eigenvalue weighted by molar-refractivity contribution is 5.98. The summed E-state index contributed by atoms with van der Waals surface area (Å²) < 4.78 is 26.8. The first-order chi connectivity index (χ1) is 14.2. The highest BCUT2D eigenvalue weighted by Crippen LogP contribution is 2.19. The number of hydrogen-bond acceptors (Lipinski definition) is 4. The number of aryl methyl sites for hydroxylation is 2. The number of rotatable bonds is 6. The number of anilines is 1. The van der Waals surface area contributed by atoms with Crippen LogP contribution in [0.1, 0.15) is 46.1 Å². The van der Waals surface area contributed by atoms with Gasteiger partial charge in [0.25, 0.3) is 5.91 Å². The smallest absolute Gasteiger partial charge is 0.251 e. The van der Waals surface area contributed by atoms with Gasteiger partial charge in [-0.15, -0.1) is 0 Å². The Morgan fingerprint density at radius 3 is 2.57 bits per heavy atom. The zero-order chi connectivity index (χ0) is 21.8. The minimum Gasteiger partial charge on any atom is -0.342 e. The monoisotopic (exact) mass is 413 g/mol. The van der Waals surface area contributed by atoms with E-state index in [1.54, 1.807) is 39.0 Å². The van der Waals surface area contributed by atoms with Gasteiger partial charge in [0.1, 0.15) is 17.5 Å². The molecule has 0 saturated heterocycles. The van der Waals surface area contributed by atoms with E-state index in [0.29, 0.717) is 22.9 Å². The van der Waals surface area contributed by atoms with E-state index in [1.165, 1.54) is 6.07 Å². The standard InChI is InChI=1S/C21H21F2N5O2/c1-11-4-5-15(21(30)24-12(2)20-25-13(3)27-28-20)8-18(11)26-19(29)9-14-6-7-16(22)10-17(14)23/h4-8,10,12H,9H2,1-3H3,(H,24,30)(H,26,29)(H,25,27,28). The van der Waals surface area contributed by atoms with Gasteiger partial charge in [0, 0.05) is 17.3 Å². The molecule has 156 valence electrons. The van der Waals surface area contributed by atoms with Gasteiger partial charge < -0.3 is 10.6 Å². The highest BCUT2D eigenvalue weighted by atomic mass is 19.1. The van der Waals surface area contributed by atoms with Crippen LogP contribution in [0, 0.1) is 25.5 Å². The van der Waals surface area contributed by atoms with Gasteiger partial charge in [0.15, 0.2) is 5.82 Å². The first-order valence-electron chi connectivity index (χ1n) is 9.27. The average molecular weight is 413 g/mol. The van der Waals surface area contributed by atoms with Crippen molar-refractivity contribution < 1.29 is 18.4 Å². The quantitative estimate of drug-likeness (QED) is 0.577. The molecule has 3 N–H and O–H groups in total. The summed E-state index contributed by atoms with van der Waals surface area (Å²) in [5, 5.41) is 12.2. The lowest BCUT2D eigenvalue weighted by molar-refractivity contribution is -0.115. The van der Waals surface area contributed by atoms with Crippen LogP contribution in [0.25, 0.3) is 0 Å². The zero-order valence-electron chi connectivity index (χ0n) is 16.7. The van der Waals surface area contributed by atoms with Crippen LogP contribution in [0.3, 0.4) is 0 Å². The van der Waals surface area contributed by atoms with Crippen LogP contribution in [0.15, 0.2) is 36.4 Å². The summed E-state index contributed by atoms with van der Waals surface area (Å²) in [6.07, 6.45) is -0.261. The van der Waals surface area contributed by atoms with Gasteiger partial charge in [-0.1, -0.05) is 12.1 Å². The molecule has 3 rings (SSSR count). The van der Waals surface area contributed by atoms with Crippen molar-refractivity contribution >= 4 is 17.5 Å². The molecule has 0 bridgehead atoms. The number of H-pyrrole nitrogens is 1. The Hall–Kier alpha value is -3.62. The minimum absolute atomic E-state index is 0.0797. The lowest BCUT2D eigenvalue weighted by Gasteiger charge is -2.13. The highest BCUT2D eigenvalue weighted by Gasteiger charge is 2.17. The normalized spacial score (nSPS) is 11.8. The maximum absolute atomic E-state index is 13.8. The third-order valence-corrected chi connectivity index (χ3v) is 4.49. The van der Waals surface area contributed by atoms with Gasteiger partial charge in [0.2, 0.25) is 5.91 Å². The summed E-state index contributed by atoms with van der Waals surface area (Å²) in [6, 6.07) is 7.52. The second-order valence-electron chi connectivity index (χ2n) is 6.96. The number of carbonyl (C=O) groups excluding carboxylic acids is 2. The molecular weight excluding hydrogens is 392 g/mol. The van der Waals surface area contributed by atoms with Gasteiger partial charge >= 0.3 is 0 Å². The molecule has 0 radical (unpaired) electrons. The molecule has 7 nitrogen and oxygen atoms in total. The van der Waals surface area contributed by atoms with E-state index in [1.807, 2.05) is 0 Å². The molecule has 9 heteroatoms. The Labute approximate surface area is 171 Å². The number of hydrogen-bond donors (Lipinski definition) is 3. The molecule has 0 aliphatic heterocycles. The van der Waals surface area contributed by atoms with Crippen LogP contribution in [0.2, 0.25) is 0 Å². The van der Waals surface area contributed by atoms with Crippen molar-refractivity contribution in [3.8, 4) is 0 Å². The van der Waals surface area contributed by atoms with Crippen molar-refractivity contribution in [2.45, 2.75) is 33.2 Å². The van der Waals surface area contributed by atoms with Gasteiger partial charge in [-0.3, -0.25) is 14.7 Å². The van der Waals surface area contributed by atoms with Crippen molar-refractivity contribution in [1.82, 2.24) is 20.5 Å². The van der Waals surface area contributed by atoms with E-state index >= 15 is 0 Å². The number of carbonyl (C=O) groups is 2. The molecule has 0 aliphatic carbocycles. The van der Waals surface area contributed by atoms with Gasteiger partial charge in [0.05, 0.1) is 12.5 Å². The predicted molar refractivity (Wildman–Crippen MR) is 107 cm³/mol. The largest absolute Gasteiger partial charge is 0.342 e. The van der Waals surface area contributed by atoms with Crippen molar-refractivity contribution in [2.24, 2.45) is 0 Å². The fourth-order valence-corrected chi connectivity index (χ4v) is 2.83. The average Bonchev–Trinajstić information content (AvgIpc) is 3.12. The molecule has 30 heavy (non-hydrogen) atoms. The third-order valence-electron chi connectivity index (χ3n) is 4.49. The number of halogens is 2. The second kappa shape index (κ2) is 8.81. The number of nitrogens with zero attached hydrogens (tertiary/aromatic N) is 2. The molecule has 0 aliphatic rings. The van der Waals surface area contributed by atoms with Gasteiger partial charge in [-0.2, -0.15) is 5.10 Å². The van der Waals surface area contributed by atoms with Crippen molar-refractivity contribution in [1.29, 1.82) is 0 Å². The van der Waals surface area contributed by atoms with E-state index in [-0.39, 0.29) is 17.9 Å². The molecule has 1 unspecified atom stereocenters. The summed E-state index contributed by atoms with van der Waals surface area (Å²) in [5.74, 6) is -1.23. The van der Waals surface area contributed by atoms with E-state index in [0.717, 1.165) is 17.7 Å². The van der Waals surface area contributed by atoms with Crippen LogP contribution in [0.4, 0.5) is 14.5 Å². The summed E-state index contributed by atoms with van der Waals surface area (Å²) in [4.78, 5) is 29.1. The lowest BCUT2D eigenvalue weighted by atomic mass is 10.1. The fourth-order valence-electron chi connectivity index (χ4n) is 2.83. The Morgan fingerprint density at radius 1 is 1.13 bits per heavy atom. The second-order valence-corrected chi connectivity index (χ2v) is 6.96. The van der Waals surface area contributed by atoms with Crippen LogP contribution in [-0.2, 0) is 11.2 Å². The number of amides is 2. The molecule has 1 aromatic heterocycles. The molecular formula is C21H21F2N5O2. The molecule has 3 aromatic rings. The molecule has 1 heterocycles. The number of benzene rings is 2. The lowest BCUT2D eigenvalue weighted by Crippen LogP contribution is -2.27. The Balaban J connectivity index is 1.69. The number of aromatic nitrogens is 3. The van der Waals surface area contributed by atoms with E-state index in [9.17, 15) is 18.4 Å². The van der Waals surface area contributed by atoms with Crippen LogP contribution >= 0.6 is 0 Å². The van der Waals surface area contributed by atoms with E-state index in [4.69, 9.17) is 0 Å². The van der Waals surface area contributed by atoms with Gasteiger partial charge in [-0.05, 0) is 50.1 Å². The van der Waals surface area contributed by atoms with E-state index < -0.39 is 23.6 Å². The Bertz CT molecular complexity index is 1100. The van der Waals surface area contributed by atoms with Crippen molar-refractivity contribution in [2.75, 3.05) is 5.32 Å². The topological polar surface area (TPSA) is 99.8 Å². The summed E-state index contributed by atoms with van der Waals surface area (Å²) in [5.41, 5.74) is 1.58. The van der Waals surface area contributed by atoms with Crippen molar-refractivity contribution in [3.63, 3.8) is 0 Å². The maximum atomic E-state index is 13.8. The maximum Gasteiger partial charge on any atom is 0.251 e. The minimum atomic E-state index is -0.786. The third kappa shape index (κ3) is 5.05. The van der Waals surface area contributed by atoms with Crippen molar-refractivity contribution in [3.05, 3.63) is 76.4 Å². The van der Waals surface area contributed by atoms with Gasteiger partial charge in [-0.25, -0.2) is 13.8 Å². The summed E-state index contributed by atoms with van der Waals surface area (Å²) >= 11 is 0. The number of aromatic amines is 1.